The summed E-state index contributed by atoms with van der Waals surface area (Å²) in [6, 6.07) is 10.4. The third kappa shape index (κ3) is 2.33. The van der Waals surface area contributed by atoms with Crippen molar-refractivity contribution in [3.05, 3.63) is 35.7 Å². The largest absolute Gasteiger partial charge is 0.343 e. The first kappa shape index (κ1) is 10.7. The van der Waals surface area contributed by atoms with Gasteiger partial charge in [0.2, 0.25) is 0 Å². The minimum Gasteiger partial charge on any atom is -0.343 e. The van der Waals surface area contributed by atoms with Crippen LogP contribution in [0.5, 0.6) is 0 Å². The van der Waals surface area contributed by atoms with E-state index in [0.717, 1.165) is 23.9 Å². The van der Waals surface area contributed by atoms with E-state index in [1.54, 1.807) is 11.3 Å². The highest BCUT2D eigenvalue weighted by Crippen LogP contribution is 2.27. The first-order chi connectivity index (χ1) is 8.43. The molecule has 0 aliphatic carbocycles. The van der Waals surface area contributed by atoms with Crippen LogP contribution < -0.4 is 10.2 Å². The fourth-order valence-corrected chi connectivity index (χ4v) is 2.98. The molecule has 0 saturated carbocycles. The zero-order chi connectivity index (χ0) is 11.5. The molecule has 2 heterocycles. The van der Waals surface area contributed by atoms with Crippen molar-refractivity contribution < 1.29 is 5.32 Å². The zero-order valence-corrected chi connectivity index (χ0v) is 10.5. The maximum absolute atomic E-state index is 4.73. The molecule has 4 heteroatoms. The number of rotatable bonds is 2. The summed E-state index contributed by atoms with van der Waals surface area (Å²) in [6.07, 6.45) is 0. The number of anilines is 1. The van der Waals surface area contributed by atoms with E-state index < -0.39 is 0 Å². The standard InChI is InChI=1S/C13H15N3S/c1-2-4-11(5-3-1)12-10-17-13(15-12)16-8-6-14-7-9-16/h1-5,10,14H,6-9H2/p+1. The highest BCUT2D eigenvalue weighted by atomic mass is 32.1. The van der Waals surface area contributed by atoms with Gasteiger partial charge in [0.15, 0.2) is 5.13 Å². The minimum atomic E-state index is 1.10. The van der Waals surface area contributed by atoms with Gasteiger partial charge >= 0.3 is 0 Å². The summed E-state index contributed by atoms with van der Waals surface area (Å²) in [5.41, 5.74) is 2.30. The van der Waals surface area contributed by atoms with Crippen molar-refractivity contribution in [3.63, 3.8) is 0 Å². The molecule has 2 aromatic rings. The summed E-state index contributed by atoms with van der Waals surface area (Å²) in [5.74, 6) is 0. The van der Waals surface area contributed by atoms with Gasteiger partial charge in [-0.05, 0) is 0 Å². The highest BCUT2D eigenvalue weighted by Gasteiger charge is 2.16. The number of benzene rings is 1. The maximum atomic E-state index is 4.73. The van der Waals surface area contributed by atoms with E-state index in [4.69, 9.17) is 4.98 Å². The molecule has 0 bridgehead atoms. The van der Waals surface area contributed by atoms with E-state index in [0.29, 0.717) is 0 Å². The third-order valence-corrected chi connectivity index (χ3v) is 3.94. The molecule has 1 fully saturated rings. The monoisotopic (exact) mass is 246 g/mol. The topological polar surface area (TPSA) is 32.7 Å². The lowest BCUT2D eigenvalue weighted by Crippen LogP contribution is -2.89. The number of nitrogens with zero attached hydrogens (tertiary/aromatic N) is 2. The Hall–Kier alpha value is -1.39. The van der Waals surface area contributed by atoms with E-state index in [9.17, 15) is 0 Å². The average molecular weight is 246 g/mol. The first-order valence-corrected chi connectivity index (χ1v) is 6.89. The molecule has 0 atom stereocenters. The lowest BCUT2D eigenvalue weighted by Gasteiger charge is -2.24. The molecule has 1 saturated heterocycles. The molecule has 0 unspecified atom stereocenters. The Morgan fingerprint density at radius 2 is 1.88 bits per heavy atom. The summed E-state index contributed by atoms with van der Waals surface area (Å²) in [7, 11) is 0. The number of hydrogen-bond donors (Lipinski definition) is 1. The van der Waals surface area contributed by atoms with Crippen molar-refractivity contribution in [1.29, 1.82) is 0 Å². The van der Waals surface area contributed by atoms with Crippen LogP contribution >= 0.6 is 11.3 Å². The zero-order valence-electron chi connectivity index (χ0n) is 9.67. The summed E-state index contributed by atoms with van der Waals surface area (Å²) >= 11 is 1.75. The van der Waals surface area contributed by atoms with Crippen LogP contribution in [0.1, 0.15) is 0 Å². The van der Waals surface area contributed by atoms with Crippen LogP contribution in [0.15, 0.2) is 35.7 Å². The predicted molar refractivity (Wildman–Crippen MR) is 71.4 cm³/mol. The second kappa shape index (κ2) is 4.85. The van der Waals surface area contributed by atoms with Gasteiger partial charge in [-0.1, -0.05) is 30.3 Å². The molecule has 0 spiro atoms. The smallest absolute Gasteiger partial charge is 0.186 e. The Bertz CT molecular complexity index is 474. The Morgan fingerprint density at radius 1 is 1.12 bits per heavy atom. The normalized spacial score (nSPS) is 16.1. The average Bonchev–Trinajstić information content (AvgIpc) is 2.90. The molecular formula is C13H16N3S+. The Balaban J connectivity index is 1.83. The van der Waals surface area contributed by atoms with Crippen LogP contribution in [0.3, 0.4) is 0 Å². The molecule has 2 N–H and O–H groups in total. The summed E-state index contributed by atoms with van der Waals surface area (Å²) < 4.78 is 0. The minimum absolute atomic E-state index is 1.10. The number of piperazine rings is 1. The van der Waals surface area contributed by atoms with Crippen molar-refractivity contribution in [2.75, 3.05) is 31.1 Å². The fourth-order valence-electron chi connectivity index (χ4n) is 2.09. The van der Waals surface area contributed by atoms with Gasteiger partial charge in [-0.25, -0.2) is 4.98 Å². The van der Waals surface area contributed by atoms with Crippen molar-refractivity contribution >= 4 is 16.5 Å². The van der Waals surface area contributed by atoms with Gasteiger partial charge in [-0.2, -0.15) is 0 Å². The van der Waals surface area contributed by atoms with Crippen LogP contribution in [0.25, 0.3) is 11.3 Å². The molecular weight excluding hydrogens is 230 g/mol. The van der Waals surface area contributed by atoms with Gasteiger partial charge in [0, 0.05) is 10.9 Å². The molecule has 88 valence electrons. The molecule has 17 heavy (non-hydrogen) atoms. The Kier molecular flexibility index (Phi) is 3.07. The van der Waals surface area contributed by atoms with Crippen molar-refractivity contribution in [2.24, 2.45) is 0 Å². The van der Waals surface area contributed by atoms with Gasteiger partial charge in [0.05, 0.1) is 31.9 Å². The number of quaternary nitrogens is 1. The number of nitrogens with two attached hydrogens (primary N) is 1. The number of aromatic nitrogens is 1. The van der Waals surface area contributed by atoms with E-state index in [-0.39, 0.29) is 0 Å². The molecule has 1 aromatic carbocycles. The molecule has 0 radical (unpaired) electrons. The quantitative estimate of drug-likeness (QED) is 0.863. The number of hydrogen-bond acceptors (Lipinski definition) is 3. The third-order valence-electron chi connectivity index (χ3n) is 3.04. The van der Waals surface area contributed by atoms with Crippen molar-refractivity contribution in [2.45, 2.75) is 0 Å². The highest BCUT2D eigenvalue weighted by molar-refractivity contribution is 7.14. The Labute approximate surface area is 105 Å². The molecule has 1 aliphatic rings. The van der Waals surface area contributed by atoms with Crippen LogP contribution in [-0.4, -0.2) is 31.2 Å². The summed E-state index contributed by atoms with van der Waals surface area (Å²) in [6.45, 7) is 4.59. The lowest BCUT2D eigenvalue weighted by atomic mass is 10.2. The fraction of sp³-hybridized carbons (Fsp3) is 0.308. The van der Waals surface area contributed by atoms with Gasteiger partial charge in [0.25, 0.3) is 0 Å². The van der Waals surface area contributed by atoms with E-state index >= 15 is 0 Å². The molecule has 3 nitrogen and oxygen atoms in total. The lowest BCUT2D eigenvalue weighted by molar-refractivity contribution is -0.655. The van der Waals surface area contributed by atoms with E-state index in [1.165, 1.54) is 18.7 Å². The first-order valence-electron chi connectivity index (χ1n) is 6.01. The van der Waals surface area contributed by atoms with Crippen molar-refractivity contribution in [3.8, 4) is 11.3 Å². The Morgan fingerprint density at radius 3 is 2.65 bits per heavy atom. The second-order valence-electron chi connectivity index (χ2n) is 4.23. The molecule has 1 aliphatic heterocycles. The molecule has 1 aromatic heterocycles. The predicted octanol–water partition coefficient (Wildman–Crippen LogP) is 1.19. The van der Waals surface area contributed by atoms with Crippen molar-refractivity contribution in [1.82, 2.24) is 4.98 Å². The number of thiazole rings is 1. The van der Waals surface area contributed by atoms with Gasteiger partial charge in [-0.3, -0.25) is 0 Å². The maximum Gasteiger partial charge on any atom is 0.186 e. The van der Waals surface area contributed by atoms with Gasteiger partial charge in [-0.15, -0.1) is 11.3 Å². The van der Waals surface area contributed by atoms with Gasteiger partial charge in [0.1, 0.15) is 0 Å². The second-order valence-corrected chi connectivity index (χ2v) is 5.07. The van der Waals surface area contributed by atoms with Crippen LogP contribution in [0, 0.1) is 0 Å². The SMILES string of the molecule is c1ccc(-c2csc(N3CC[NH2+]CC3)n2)cc1. The molecule has 0 amide bonds. The summed E-state index contributed by atoms with van der Waals surface area (Å²) in [5, 5.41) is 5.68. The van der Waals surface area contributed by atoms with Crippen LogP contribution in [0.2, 0.25) is 0 Å². The van der Waals surface area contributed by atoms with Crippen LogP contribution in [0.4, 0.5) is 5.13 Å². The van der Waals surface area contributed by atoms with E-state index in [2.05, 4.69) is 39.9 Å². The molecule has 3 rings (SSSR count). The summed E-state index contributed by atoms with van der Waals surface area (Å²) in [4.78, 5) is 7.12. The van der Waals surface area contributed by atoms with E-state index in [1.807, 2.05) is 6.07 Å². The van der Waals surface area contributed by atoms with Gasteiger partial charge < -0.3 is 10.2 Å². The van der Waals surface area contributed by atoms with Crippen LogP contribution in [-0.2, 0) is 0 Å².